The summed E-state index contributed by atoms with van der Waals surface area (Å²) in [6, 6.07) is 7.83. The highest BCUT2D eigenvalue weighted by atomic mass is 19.4. The van der Waals surface area contributed by atoms with Crippen molar-refractivity contribution >= 4 is 17.4 Å². The molecule has 15 heteroatoms. The summed E-state index contributed by atoms with van der Waals surface area (Å²) in [7, 11) is 0. The Morgan fingerprint density at radius 2 is 1.17 bits per heavy atom. The highest BCUT2D eigenvalue weighted by Crippen LogP contribution is 2.62. The zero-order chi connectivity index (χ0) is 27.8. The third-order valence-electron chi connectivity index (χ3n) is 4.89. The normalized spacial score (nSPS) is 15.1. The third-order valence-corrected chi connectivity index (χ3v) is 4.89. The van der Waals surface area contributed by atoms with Gasteiger partial charge in [-0.3, -0.25) is 0 Å². The molecular weight excluding hydrogens is 524 g/mol. The molecule has 2 amide bonds. The zero-order valence-electron chi connectivity index (χ0n) is 17.4. The first-order valence-corrected chi connectivity index (χ1v) is 9.41. The number of rotatable bonds is 8. The maximum atomic E-state index is 14.9. The van der Waals surface area contributed by atoms with Gasteiger partial charge in [0, 0.05) is 5.69 Å². The average Bonchev–Trinajstić information content (AvgIpc) is 2.78. The Hall–Kier alpha value is -3.39. The van der Waals surface area contributed by atoms with Crippen LogP contribution in [0.5, 0.6) is 0 Å². The number of hydrogen-bond acceptors (Lipinski definition) is 1. The first kappa shape index (κ1) is 28.8. The van der Waals surface area contributed by atoms with Crippen molar-refractivity contribution < 1.29 is 57.5 Å². The van der Waals surface area contributed by atoms with Crippen LogP contribution in [0.2, 0.25) is 0 Å². The lowest BCUT2D eigenvalue weighted by molar-refractivity contribution is -0.405. The minimum Gasteiger partial charge on any atom is -0.308 e. The maximum absolute atomic E-state index is 14.9. The molecule has 0 radical (unpaired) electrons. The minimum absolute atomic E-state index is 0.0769. The van der Waals surface area contributed by atoms with Crippen molar-refractivity contribution in [1.82, 2.24) is 0 Å². The molecule has 198 valence electrons. The van der Waals surface area contributed by atoms with Crippen LogP contribution in [0.4, 0.5) is 68.9 Å². The number of anilines is 2. The summed E-state index contributed by atoms with van der Waals surface area (Å²) in [6.45, 7) is 2.04. The molecule has 0 unspecified atom stereocenters. The topological polar surface area (TPSA) is 41.1 Å². The molecule has 2 N–H and O–H groups in total. The lowest BCUT2D eigenvalue weighted by atomic mass is 9.80. The van der Waals surface area contributed by atoms with Gasteiger partial charge in [-0.25, -0.2) is 9.18 Å². The number of halogens is 12. The number of allylic oxidation sites excluding steroid dienone is 1. The van der Waals surface area contributed by atoms with E-state index in [1.54, 1.807) is 5.32 Å². The Bertz CT molecular complexity index is 1100. The van der Waals surface area contributed by atoms with Crippen LogP contribution in [-0.4, -0.2) is 35.6 Å². The molecule has 0 aliphatic rings. The zero-order valence-corrected chi connectivity index (χ0v) is 17.4. The second-order valence-electron chi connectivity index (χ2n) is 7.20. The summed E-state index contributed by atoms with van der Waals surface area (Å²) in [6.07, 6.45) is -8.75. The van der Waals surface area contributed by atoms with Gasteiger partial charge in [-0.1, -0.05) is 43.0 Å². The molecule has 2 aromatic rings. The van der Waals surface area contributed by atoms with Gasteiger partial charge in [0.25, 0.3) is 5.67 Å². The van der Waals surface area contributed by atoms with E-state index < -0.39 is 58.9 Å². The Balaban J connectivity index is 2.57. The van der Waals surface area contributed by atoms with Crippen molar-refractivity contribution in [3.05, 3.63) is 72.8 Å². The van der Waals surface area contributed by atoms with Gasteiger partial charge in [-0.15, -0.1) is 0 Å². The molecule has 0 saturated heterocycles. The lowest BCUT2D eigenvalue weighted by Crippen LogP contribution is -2.70. The number of carbonyl (C=O) groups is 1. The van der Waals surface area contributed by atoms with Gasteiger partial charge in [0.2, 0.25) is 0 Å². The van der Waals surface area contributed by atoms with Gasteiger partial charge >= 0.3 is 35.9 Å². The first-order chi connectivity index (χ1) is 16.3. The molecule has 0 saturated carbocycles. The van der Waals surface area contributed by atoms with Crippen molar-refractivity contribution in [3.63, 3.8) is 0 Å². The van der Waals surface area contributed by atoms with Crippen LogP contribution >= 0.6 is 0 Å². The highest BCUT2D eigenvalue weighted by Gasteiger charge is 2.88. The summed E-state index contributed by atoms with van der Waals surface area (Å²) in [5.74, 6) is -28.1. The Morgan fingerprint density at radius 3 is 1.67 bits per heavy atom. The van der Waals surface area contributed by atoms with Crippen molar-refractivity contribution in [2.24, 2.45) is 0 Å². The van der Waals surface area contributed by atoms with E-state index in [0.717, 1.165) is 6.07 Å². The van der Waals surface area contributed by atoms with Gasteiger partial charge in [0.15, 0.2) is 0 Å². The summed E-state index contributed by atoms with van der Waals surface area (Å²) >= 11 is 0. The number of benzene rings is 2. The SMILES string of the molecule is C=C[C@](F)(C(F)(F)C(F)(F)c1ccccc1NC(=O)Nc1ccccc1)C(F)(F)C(F)(F)C(F)(F)F. The molecule has 0 bridgehead atoms. The minimum atomic E-state index is -7.52. The average molecular weight is 538 g/mol. The number of amides is 2. The Labute approximate surface area is 194 Å². The number of hydrogen-bond donors (Lipinski definition) is 2. The van der Waals surface area contributed by atoms with Crippen molar-refractivity contribution in [1.29, 1.82) is 0 Å². The van der Waals surface area contributed by atoms with Gasteiger partial charge in [-0.2, -0.15) is 48.3 Å². The van der Waals surface area contributed by atoms with Gasteiger partial charge in [0.05, 0.1) is 11.3 Å². The molecule has 0 heterocycles. The molecule has 0 fully saturated rings. The number of alkyl halides is 12. The van der Waals surface area contributed by atoms with Crippen LogP contribution in [0.25, 0.3) is 0 Å². The number of carbonyl (C=O) groups excluding carboxylic acids is 1. The van der Waals surface area contributed by atoms with Crippen LogP contribution in [0.3, 0.4) is 0 Å². The lowest BCUT2D eigenvalue weighted by Gasteiger charge is -2.43. The molecule has 0 aliphatic heterocycles. The van der Waals surface area contributed by atoms with Gasteiger partial charge < -0.3 is 10.6 Å². The van der Waals surface area contributed by atoms with Crippen LogP contribution in [-0.2, 0) is 5.92 Å². The largest absolute Gasteiger partial charge is 0.460 e. The fourth-order valence-electron chi connectivity index (χ4n) is 2.93. The molecule has 0 aliphatic carbocycles. The van der Waals surface area contributed by atoms with E-state index in [9.17, 15) is 57.5 Å². The maximum Gasteiger partial charge on any atom is 0.460 e. The molecule has 3 nitrogen and oxygen atoms in total. The quantitative estimate of drug-likeness (QED) is 0.262. The Kier molecular flexibility index (Phi) is 7.41. The summed E-state index contributed by atoms with van der Waals surface area (Å²) < 4.78 is 166. The summed E-state index contributed by atoms with van der Waals surface area (Å²) in [4.78, 5) is 12.1. The molecule has 36 heavy (non-hydrogen) atoms. The van der Waals surface area contributed by atoms with E-state index in [-0.39, 0.29) is 11.8 Å². The summed E-state index contributed by atoms with van der Waals surface area (Å²) in [5.41, 5.74) is -9.86. The van der Waals surface area contributed by atoms with Gasteiger partial charge in [0.1, 0.15) is 0 Å². The standard InChI is InChI=1S/C21H14F12N2O/c1-2-16(22,19(27,28)20(29,30)21(31,32)33)18(25,26)17(23,24)13-10-6-7-11-14(13)35-15(36)34-12-8-4-3-5-9-12/h2-11H,1H2,(H2,34,35,36)/t16-/m0/s1. The van der Waals surface area contributed by atoms with Crippen LogP contribution < -0.4 is 10.6 Å². The fraction of sp³-hybridized carbons (Fsp3) is 0.286. The van der Waals surface area contributed by atoms with Crippen LogP contribution in [0.15, 0.2) is 67.3 Å². The van der Waals surface area contributed by atoms with E-state index in [4.69, 9.17) is 0 Å². The number of urea groups is 1. The van der Waals surface area contributed by atoms with Gasteiger partial charge in [-0.05, 0) is 24.3 Å². The second kappa shape index (κ2) is 9.24. The van der Waals surface area contributed by atoms with E-state index in [0.29, 0.717) is 12.1 Å². The van der Waals surface area contributed by atoms with Crippen LogP contribution in [0.1, 0.15) is 5.56 Å². The van der Waals surface area contributed by atoms with Crippen molar-refractivity contribution in [2.75, 3.05) is 10.6 Å². The van der Waals surface area contributed by atoms with E-state index in [2.05, 4.69) is 5.32 Å². The predicted molar refractivity (Wildman–Crippen MR) is 104 cm³/mol. The third kappa shape index (κ3) is 4.46. The summed E-state index contributed by atoms with van der Waals surface area (Å²) in [5, 5.41) is 3.77. The smallest absolute Gasteiger partial charge is 0.308 e. The van der Waals surface area contributed by atoms with Crippen molar-refractivity contribution in [3.8, 4) is 0 Å². The van der Waals surface area contributed by atoms with E-state index >= 15 is 0 Å². The number of para-hydroxylation sites is 2. The van der Waals surface area contributed by atoms with Crippen LogP contribution in [0, 0.1) is 0 Å². The molecule has 1 atom stereocenters. The Morgan fingerprint density at radius 1 is 0.667 bits per heavy atom. The molecule has 0 spiro atoms. The molecular formula is C21H14F12N2O. The molecule has 2 aromatic carbocycles. The number of nitrogens with one attached hydrogen (secondary N) is 2. The van der Waals surface area contributed by atoms with E-state index in [1.807, 2.05) is 6.58 Å². The predicted octanol–water partition coefficient (Wildman–Crippen LogP) is 7.78. The highest BCUT2D eigenvalue weighted by molar-refractivity contribution is 6.00. The molecule has 2 rings (SSSR count). The monoisotopic (exact) mass is 538 g/mol. The fourth-order valence-corrected chi connectivity index (χ4v) is 2.93. The molecule has 0 aromatic heterocycles. The second-order valence-corrected chi connectivity index (χ2v) is 7.20. The first-order valence-electron chi connectivity index (χ1n) is 9.41. The van der Waals surface area contributed by atoms with Crippen molar-refractivity contribution in [2.45, 2.75) is 35.5 Å². The van der Waals surface area contributed by atoms with E-state index in [1.165, 1.54) is 30.3 Å².